The van der Waals surface area contributed by atoms with Gasteiger partial charge in [-0.1, -0.05) is 12.1 Å². The van der Waals surface area contributed by atoms with Crippen molar-refractivity contribution in [2.45, 2.75) is 32.2 Å². The van der Waals surface area contributed by atoms with Crippen LogP contribution in [0.3, 0.4) is 0 Å². The predicted octanol–water partition coefficient (Wildman–Crippen LogP) is 3.19. The van der Waals surface area contributed by atoms with Crippen molar-refractivity contribution in [2.24, 2.45) is 0 Å². The molecule has 1 fully saturated rings. The molecule has 1 aliphatic rings. The number of amides is 2. The molecule has 6 nitrogen and oxygen atoms in total. The van der Waals surface area contributed by atoms with Gasteiger partial charge in [0.1, 0.15) is 11.5 Å². The molecular formula is C23H28N2O4. The van der Waals surface area contributed by atoms with Crippen molar-refractivity contribution in [2.75, 3.05) is 27.3 Å². The summed E-state index contributed by atoms with van der Waals surface area (Å²) in [6.45, 7) is 2.08. The molecular weight excluding hydrogens is 368 g/mol. The second-order valence-corrected chi connectivity index (χ2v) is 7.18. The Balaban J connectivity index is 1.54. The molecule has 0 atom stereocenters. The van der Waals surface area contributed by atoms with Crippen LogP contribution in [0, 0.1) is 0 Å². The lowest BCUT2D eigenvalue weighted by molar-refractivity contribution is -0.120. The van der Waals surface area contributed by atoms with Gasteiger partial charge in [0.2, 0.25) is 5.91 Å². The smallest absolute Gasteiger partial charge is 0.253 e. The van der Waals surface area contributed by atoms with Crippen molar-refractivity contribution in [3.63, 3.8) is 0 Å². The first-order chi connectivity index (χ1) is 14.1. The number of carbonyl (C=O) groups is 2. The van der Waals surface area contributed by atoms with Gasteiger partial charge in [-0.3, -0.25) is 9.59 Å². The topological polar surface area (TPSA) is 67.9 Å². The molecule has 0 unspecified atom stereocenters. The highest BCUT2D eigenvalue weighted by molar-refractivity contribution is 5.94. The number of benzene rings is 2. The lowest BCUT2D eigenvalue weighted by atomic mass is 10.1. The largest absolute Gasteiger partial charge is 0.497 e. The minimum absolute atomic E-state index is 0.0883. The van der Waals surface area contributed by atoms with E-state index in [1.165, 1.54) is 6.42 Å². The number of nitrogens with one attached hydrogen (secondary N) is 1. The number of likely N-dealkylation sites (tertiary alicyclic amines) is 1. The number of ether oxygens (including phenoxy) is 2. The fraction of sp³-hybridized carbons (Fsp3) is 0.391. The van der Waals surface area contributed by atoms with Gasteiger partial charge in [-0.2, -0.15) is 0 Å². The molecule has 1 N–H and O–H groups in total. The van der Waals surface area contributed by atoms with Crippen LogP contribution in [0.2, 0.25) is 0 Å². The summed E-state index contributed by atoms with van der Waals surface area (Å²) in [5.74, 6) is 1.32. The first kappa shape index (κ1) is 20.7. The Hall–Kier alpha value is -3.02. The zero-order valence-corrected chi connectivity index (χ0v) is 17.1. The second-order valence-electron chi connectivity index (χ2n) is 7.18. The summed E-state index contributed by atoms with van der Waals surface area (Å²) < 4.78 is 10.5. The van der Waals surface area contributed by atoms with Gasteiger partial charge in [0.15, 0.2) is 0 Å². The van der Waals surface area contributed by atoms with Crippen LogP contribution < -0.4 is 14.8 Å². The van der Waals surface area contributed by atoms with Crippen molar-refractivity contribution in [1.29, 1.82) is 0 Å². The second kappa shape index (κ2) is 9.96. The van der Waals surface area contributed by atoms with E-state index in [0.717, 1.165) is 37.1 Å². The maximum absolute atomic E-state index is 12.5. The lowest BCUT2D eigenvalue weighted by Gasteiger charge is -2.26. The van der Waals surface area contributed by atoms with Gasteiger partial charge < -0.3 is 19.7 Å². The molecule has 1 aliphatic heterocycles. The summed E-state index contributed by atoms with van der Waals surface area (Å²) in [6, 6.07) is 12.9. The van der Waals surface area contributed by atoms with E-state index in [1.807, 2.05) is 29.2 Å². The number of carbonyl (C=O) groups excluding carboxylic acids is 2. The maximum Gasteiger partial charge on any atom is 0.253 e. The van der Waals surface area contributed by atoms with Crippen LogP contribution in [-0.4, -0.2) is 44.0 Å². The van der Waals surface area contributed by atoms with Crippen molar-refractivity contribution in [1.82, 2.24) is 10.2 Å². The normalized spacial score (nSPS) is 13.7. The van der Waals surface area contributed by atoms with Crippen molar-refractivity contribution in [3.8, 4) is 11.5 Å². The fourth-order valence-electron chi connectivity index (χ4n) is 3.50. The maximum atomic E-state index is 12.5. The SMILES string of the molecule is COc1ccc(OC)c(CC(=O)NCc2ccc(C(=O)N3CCCCC3)cc2)c1. The van der Waals surface area contributed by atoms with E-state index in [1.54, 1.807) is 32.4 Å². The summed E-state index contributed by atoms with van der Waals surface area (Å²) in [5, 5.41) is 2.92. The molecule has 0 aromatic heterocycles. The van der Waals surface area contributed by atoms with Gasteiger partial charge in [0.05, 0.1) is 20.6 Å². The molecule has 3 rings (SSSR count). The molecule has 0 aliphatic carbocycles. The predicted molar refractivity (Wildman–Crippen MR) is 111 cm³/mol. The third-order valence-corrected chi connectivity index (χ3v) is 5.17. The first-order valence-electron chi connectivity index (χ1n) is 9.96. The quantitative estimate of drug-likeness (QED) is 0.781. The van der Waals surface area contributed by atoms with Crippen molar-refractivity contribution < 1.29 is 19.1 Å². The highest BCUT2D eigenvalue weighted by Crippen LogP contribution is 2.24. The fourth-order valence-corrected chi connectivity index (χ4v) is 3.50. The Bertz CT molecular complexity index is 842. The molecule has 0 spiro atoms. The zero-order valence-electron chi connectivity index (χ0n) is 17.1. The molecule has 2 aromatic rings. The van der Waals surface area contributed by atoms with Crippen LogP contribution >= 0.6 is 0 Å². The Morgan fingerprint density at radius 3 is 2.34 bits per heavy atom. The number of hydrogen-bond donors (Lipinski definition) is 1. The number of rotatable bonds is 7. The van der Waals surface area contributed by atoms with Crippen LogP contribution in [0.1, 0.15) is 40.7 Å². The standard InChI is InChI=1S/C23H28N2O4/c1-28-20-10-11-21(29-2)19(14-20)15-22(26)24-16-17-6-8-18(9-7-17)23(27)25-12-4-3-5-13-25/h6-11,14H,3-5,12-13,15-16H2,1-2H3,(H,24,26). The van der Waals surface area contributed by atoms with Crippen molar-refractivity contribution in [3.05, 3.63) is 59.2 Å². The monoisotopic (exact) mass is 396 g/mol. The van der Waals surface area contributed by atoms with Gasteiger partial charge in [-0.05, 0) is 55.2 Å². The first-order valence-corrected chi connectivity index (χ1v) is 9.96. The summed E-state index contributed by atoms with van der Waals surface area (Å²) in [6.07, 6.45) is 3.55. The van der Waals surface area contributed by atoms with Crippen LogP contribution in [0.5, 0.6) is 11.5 Å². The number of nitrogens with zero attached hydrogens (tertiary/aromatic N) is 1. The van der Waals surface area contributed by atoms with E-state index in [2.05, 4.69) is 5.32 Å². The minimum atomic E-state index is -0.106. The van der Waals surface area contributed by atoms with Gasteiger partial charge in [0, 0.05) is 30.8 Å². The van der Waals surface area contributed by atoms with E-state index in [9.17, 15) is 9.59 Å². The van der Waals surface area contributed by atoms with Gasteiger partial charge in [-0.15, -0.1) is 0 Å². The van der Waals surface area contributed by atoms with Gasteiger partial charge in [0.25, 0.3) is 5.91 Å². The summed E-state index contributed by atoms with van der Waals surface area (Å²) in [4.78, 5) is 26.8. The van der Waals surface area contributed by atoms with E-state index in [0.29, 0.717) is 23.6 Å². The Kier molecular flexibility index (Phi) is 7.11. The highest BCUT2D eigenvalue weighted by atomic mass is 16.5. The third kappa shape index (κ3) is 5.50. The van der Waals surface area contributed by atoms with E-state index in [-0.39, 0.29) is 18.2 Å². The highest BCUT2D eigenvalue weighted by Gasteiger charge is 2.18. The lowest BCUT2D eigenvalue weighted by Crippen LogP contribution is -2.35. The summed E-state index contributed by atoms with van der Waals surface area (Å²) >= 11 is 0. The van der Waals surface area contributed by atoms with Crippen LogP contribution in [0.4, 0.5) is 0 Å². The Labute approximate surface area is 171 Å². The zero-order chi connectivity index (χ0) is 20.6. The third-order valence-electron chi connectivity index (χ3n) is 5.17. The average Bonchev–Trinajstić information content (AvgIpc) is 2.78. The van der Waals surface area contributed by atoms with Crippen molar-refractivity contribution >= 4 is 11.8 Å². The molecule has 0 saturated carbocycles. The van der Waals surface area contributed by atoms with E-state index < -0.39 is 0 Å². The molecule has 154 valence electrons. The molecule has 29 heavy (non-hydrogen) atoms. The summed E-state index contributed by atoms with van der Waals surface area (Å²) in [7, 11) is 3.17. The average molecular weight is 396 g/mol. The number of hydrogen-bond acceptors (Lipinski definition) is 4. The number of piperidine rings is 1. The molecule has 2 aromatic carbocycles. The Morgan fingerprint density at radius 1 is 0.966 bits per heavy atom. The Morgan fingerprint density at radius 2 is 1.69 bits per heavy atom. The van der Waals surface area contributed by atoms with Crippen LogP contribution in [-0.2, 0) is 17.8 Å². The summed E-state index contributed by atoms with van der Waals surface area (Å²) in [5.41, 5.74) is 2.42. The molecule has 1 heterocycles. The molecule has 6 heteroatoms. The van der Waals surface area contributed by atoms with Crippen LogP contribution in [0.25, 0.3) is 0 Å². The van der Waals surface area contributed by atoms with E-state index in [4.69, 9.17) is 9.47 Å². The molecule has 1 saturated heterocycles. The van der Waals surface area contributed by atoms with E-state index >= 15 is 0 Å². The molecule has 2 amide bonds. The molecule has 0 bridgehead atoms. The van der Waals surface area contributed by atoms with Gasteiger partial charge >= 0.3 is 0 Å². The molecule has 0 radical (unpaired) electrons. The van der Waals surface area contributed by atoms with Gasteiger partial charge in [-0.25, -0.2) is 0 Å². The van der Waals surface area contributed by atoms with Crippen LogP contribution in [0.15, 0.2) is 42.5 Å². The minimum Gasteiger partial charge on any atom is -0.497 e. The number of methoxy groups -OCH3 is 2.